The van der Waals surface area contributed by atoms with Gasteiger partial charge in [0.15, 0.2) is 5.11 Å². The van der Waals surface area contributed by atoms with Crippen molar-refractivity contribution in [3.05, 3.63) is 65.2 Å². The Morgan fingerprint density at radius 1 is 1.04 bits per heavy atom. The molecule has 2 aromatic rings. The smallest absolute Gasteiger partial charge is 0.170 e. The van der Waals surface area contributed by atoms with Crippen LogP contribution in [0.1, 0.15) is 35.6 Å². The predicted octanol–water partition coefficient (Wildman–Crippen LogP) is 4.43. The predicted molar refractivity (Wildman–Crippen MR) is 110 cm³/mol. The first-order valence-electron chi connectivity index (χ1n) is 9.04. The molecule has 0 aliphatic carbocycles. The summed E-state index contributed by atoms with van der Waals surface area (Å²) < 4.78 is 0. The molecule has 0 radical (unpaired) electrons. The molecule has 0 amide bonds. The molecule has 1 saturated heterocycles. The number of hydrogen-bond donors (Lipinski definition) is 2. The van der Waals surface area contributed by atoms with Gasteiger partial charge in [-0.05, 0) is 80.8 Å². The van der Waals surface area contributed by atoms with Crippen molar-refractivity contribution in [3.8, 4) is 0 Å². The first-order valence-corrected chi connectivity index (χ1v) is 9.45. The highest BCUT2D eigenvalue weighted by Gasteiger charge is 2.23. The van der Waals surface area contributed by atoms with Crippen molar-refractivity contribution >= 4 is 23.0 Å². The van der Waals surface area contributed by atoms with Gasteiger partial charge in [-0.1, -0.05) is 36.4 Å². The van der Waals surface area contributed by atoms with Crippen LogP contribution in [0.2, 0.25) is 0 Å². The molecule has 25 heavy (non-hydrogen) atoms. The fraction of sp³-hybridized carbons (Fsp3) is 0.381. The monoisotopic (exact) mass is 353 g/mol. The summed E-state index contributed by atoms with van der Waals surface area (Å²) in [5.74, 6) is 0. The normalized spacial score (nSPS) is 15.8. The topological polar surface area (TPSA) is 27.3 Å². The van der Waals surface area contributed by atoms with Crippen molar-refractivity contribution in [2.24, 2.45) is 0 Å². The minimum atomic E-state index is 0.364. The van der Waals surface area contributed by atoms with Gasteiger partial charge < -0.3 is 10.6 Å². The van der Waals surface area contributed by atoms with Gasteiger partial charge in [-0.25, -0.2) is 0 Å². The number of benzene rings is 2. The van der Waals surface area contributed by atoms with Crippen molar-refractivity contribution < 1.29 is 0 Å². The lowest BCUT2D eigenvalue weighted by Crippen LogP contribution is -2.38. The van der Waals surface area contributed by atoms with Crippen LogP contribution in [-0.2, 0) is 0 Å². The summed E-state index contributed by atoms with van der Waals surface area (Å²) in [6, 6.07) is 17.5. The fourth-order valence-electron chi connectivity index (χ4n) is 3.60. The van der Waals surface area contributed by atoms with Crippen LogP contribution in [0.4, 0.5) is 5.69 Å². The van der Waals surface area contributed by atoms with Crippen molar-refractivity contribution in [3.63, 3.8) is 0 Å². The molecular weight excluding hydrogens is 326 g/mol. The number of aryl methyl sites for hydroxylation is 2. The van der Waals surface area contributed by atoms with Crippen molar-refractivity contribution in [1.82, 2.24) is 10.2 Å². The molecule has 0 saturated carbocycles. The third-order valence-corrected chi connectivity index (χ3v) is 4.95. The SMILES string of the molecule is Cc1cc(C)cc(NC(=S)NC[C@@H](c2ccccc2)N2CCCC2)c1. The molecule has 132 valence electrons. The first-order chi connectivity index (χ1) is 12.1. The number of thiocarbonyl (C=S) groups is 1. The quantitative estimate of drug-likeness (QED) is 0.778. The van der Waals surface area contributed by atoms with Crippen molar-refractivity contribution in [1.29, 1.82) is 0 Å². The van der Waals surface area contributed by atoms with Crippen LogP contribution < -0.4 is 10.6 Å². The highest BCUT2D eigenvalue weighted by molar-refractivity contribution is 7.80. The fourth-order valence-corrected chi connectivity index (χ4v) is 3.80. The molecule has 1 atom stereocenters. The van der Waals surface area contributed by atoms with Crippen LogP contribution in [0, 0.1) is 13.8 Å². The summed E-state index contributed by atoms with van der Waals surface area (Å²) in [5, 5.41) is 7.43. The molecule has 0 spiro atoms. The average Bonchev–Trinajstić information content (AvgIpc) is 3.09. The van der Waals surface area contributed by atoms with Gasteiger partial charge >= 0.3 is 0 Å². The lowest BCUT2D eigenvalue weighted by molar-refractivity contribution is 0.246. The van der Waals surface area contributed by atoms with Crippen molar-refractivity contribution in [2.45, 2.75) is 32.7 Å². The van der Waals surface area contributed by atoms with Gasteiger partial charge in [0.25, 0.3) is 0 Å². The molecule has 1 heterocycles. The molecule has 0 aromatic heterocycles. The number of nitrogens with zero attached hydrogens (tertiary/aromatic N) is 1. The van der Waals surface area contributed by atoms with Gasteiger partial charge in [0.05, 0.1) is 6.04 Å². The Labute approximate surface area is 156 Å². The maximum Gasteiger partial charge on any atom is 0.170 e. The van der Waals surface area contributed by atoms with Gasteiger partial charge in [-0.3, -0.25) is 4.90 Å². The second-order valence-electron chi connectivity index (χ2n) is 6.88. The zero-order valence-corrected chi connectivity index (χ0v) is 15.9. The third-order valence-electron chi connectivity index (χ3n) is 4.70. The molecule has 3 rings (SSSR count). The largest absolute Gasteiger partial charge is 0.361 e. The number of hydrogen-bond acceptors (Lipinski definition) is 2. The van der Waals surface area contributed by atoms with Crippen LogP contribution in [-0.4, -0.2) is 29.6 Å². The highest BCUT2D eigenvalue weighted by atomic mass is 32.1. The minimum Gasteiger partial charge on any atom is -0.361 e. The second kappa shape index (κ2) is 8.45. The Morgan fingerprint density at radius 3 is 2.32 bits per heavy atom. The summed E-state index contributed by atoms with van der Waals surface area (Å²) in [5.41, 5.74) is 4.88. The van der Waals surface area contributed by atoms with Gasteiger partial charge in [-0.15, -0.1) is 0 Å². The Bertz CT molecular complexity index is 688. The zero-order valence-electron chi connectivity index (χ0n) is 15.1. The van der Waals surface area contributed by atoms with E-state index < -0.39 is 0 Å². The Balaban J connectivity index is 1.63. The third kappa shape index (κ3) is 5.03. The molecule has 3 nitrogen and oxygen atoms in total. The number of nitrogens with one attached hydrogen (secondary N) is 2. The molecular formula is C21H27N3S. The summed E-state index contributed by atoms with van der Waals surface area (Å²) in [4.78, 5) is 2.56. The van der Waals surface area contributed by atoms with Crippen LogP contribution in [0.3, 0.4) is 0 Å². The highest BCUT2D eigenvalue weighted by Crippen LogP contribution is 2.24. The molecule has 1 fully saturated rings. The molecule has 4 heteroatoms. The average molecular weight is 354 g/mol. The van der Waals surface area contributed by atoms with Gasteiger partial charge in [0.1, 0.15) is 0 Å². The van der Waals surface area contributed by atoms with E-state index in [1.807, 2.05) is 0 Å². The second-order valence-corrected chi connectivity index (χ2v) is 7.29. The van der Waals surface area contributed by atoms with E-state index in [1.54, 1.807) is 0 Å². The summed E-state index contributed by atoms with van der Waals surface area (Å²) in [6.45, 7) is 7.36. The Kier molecular flexibility index (Phi) is 6.05. The summed E-state index contributed by atoms with van der Waals surface area (Å²) in [7, 11) is 0. The lowest BCUT2D eigenvalue weighted by atomic mass is 10.1. The number of likely N-dealkylation sites (tertiary alicyclic amines) is 1. The summed E-state index contributed by atoms with van der Waals surface area (Å²) >= 11 is 5.52. The standard InChI is InChI=1S/C21H27N3S/c1-16-12-17(2)14-19(13-16)23-21(25)22-15-20(24-10-6-7-11-24)18-8-4-3-5-9-18/h3-5,8-9,12-14,20H,6-7,10-11,15H2,1-2H3,(H2,22,23,25)/t20-/m0/s1. The Hall–Kier alpha value is -1.91. The molecule has 1 aliphatic heterocycles. The minimum absolute atomic E-state index is 0.364. The van der Waals surface area contributed by atoms with Crippen molar-refractivity contribution in [2.75, 3.05) is 25.0 Å². The van der Waals surface area contributed by atoms with E-state index in [9.17, 15) is 0 Å². The molecule has 2 aromatic carbocycles. The number of anilines is 1. The maximum absolute atomic E-state index is 5.52. The molecule has 0 bridgehead atoms. The van der Waals surface area contributed by atoms with E-state index in [0.29, 0.717) is 11.2 Å². The van der Waals surface area contributed by atoms with E-state index in [4.69, 9.17) is 12.2 Å². The van der Waals surface area contributed by atoms with Gasteiger partial charge in [0, 0.05) is 12.2 Å². The van der Waals surface area contributed by atoms with E-state index in [1.165, 1.54) is 42.6 Å². The lowest BCUT2D eigenvalue weighted by Gasteiger charge is -2.28. The Morgan fingerprint density at radius 2 is 1.68 bits per heavy atom. The maximum atomic E-state index is 5.52. The molecule has 0 unspecified atom stereocenters. The van der Waals surface area contributed by atoms with Crippen LogP contribution in [0.15, 0.2) is 48.5 Å². The van der Waals surface area contributed by atoms with Crippen LogP contribution in [0.25, 0.3) is 0 Å². The molecule has 1 aliphatic rings. The first kappa shape index (κ1) is 17.9. The zero-order chi connectivity index (χ0) is 17.6. The van der Waals surface area contributed by atoms with Crippen LogP contribution >= 0.6 is 12.2 Å². The van der Waals surface area contributed by atoms with Gasteiger partial charge in [0.2, 0.25) is 0 Å². The van der Waals surface area contributed by atoms with E-state index in [2.05, 4.69) is 77.9 Å². The van der Waals surface area contributed by atoms with E-state index in [-0.39, 0.29) is 0 Å². The van der Waals surface area contributed by atoms with Crippen LogP contribution in [0.5, 0.6) is 0 Å². The van der Waals surface area contributed by atoms with Gasteiger partial charge in [-0.2, -0.15) is 0 Å². The number of rotatable bonds is 5. The molecule has 2 N–H and O–H groups in total. The summed E-state index contributed by atoms with van der Waals surface area (Å²) in [6.07, 6.45) is 2.57. The van der Waals surface area contributed by atoms with E-state index in [0.717, 1.165) is 12.2 Å². The van der Waals surface area contributed by atoms with E-state index >= 15 is 0 Å².